The molecule has 5 nitrogen and oxygen atoms in total. The van der Waals surface area contributed by atoms with Crippen molar-refractivity contribution in [1.82, 2.24) is 0 Å². The Balaban J connectivity index is 3.11. The fourth-order valence-corrected chi connectivity index (χ4v) is 0.107. The maximum atomic E-state index is 9.94. The standard InChI is InChI=1S/C3H5NO4/c4-1-3(6)8-7-2-5/h2H,1,4H2. The quantitative estimate of drug-likeness (QED) is 0.280. The van der Waals surface area contributed by atoms with Gasteiger partial charge in [0.05, 0.1) is 6.54 Å². The van der Waals surface area contributed by atoms with Crippen LogP contribution in [0.15, 0.2) is 0 Å². The van der Waals surface area contributed by atoms with Gasteiger partial charge in [-0.2, -0.15) is 0 Å². The van der Waals surface area contributed by atoms with Crippen LogP contribution in [0.5, 0.6) is 0 Å². The molecule has 0 radical (unpaired) electrons. The van der Waals surface area contributed by atoms with Gasteiger partial charge < -0.3 is 5.73 Å². The SMILES string of the molecule is NCC(=O)OOC=O. The molecular formula is C3H5NO4. The van der Waals surface area contributed by atoms with Crippen LogP contribution in [0.2, 0.25) is 0 Å². The van der Waals surface area contributed by atoms with Crippen LogP contribution in [0, 0.1) is 0 Å². The molecule has 8 heavy (non-hydrogen) atoms. The molecule has 0 aliphatic carbocycles. The van der Waals surface area contributed by atoms with E-state index < -0.39 is 5.97 Å². The third-order valence-electron chi connectivity index (χ3n) is 0.347. The first kappa shape index (κ1) is 6.90. The van der Waals surface area contributed by atoms with Crippen molar-refractivity contribution in [1.29, 1.82) is 0 Å². The van der Waals surface area contributed by atoms with Gasteiger partial charge in [-0.05, 0) is 0 Å². The highest BCUT2D eigenvalue weighted by Crippen LogP contribution is 1.71. The number of rotatable bonds is 3. The molecule has 0 amide bonds. The molecular weight excluding hydrogens is 114 g/mol. The second kappa shape index (κ2) is 4.07. The minimum Gasteiger partial charge on any atom is -0.321 e. The zero-order valence-electron chi connectivity index (χ0n) is 3.99. The van der Waals surface area contributed by atoms with Crippen LogP contribution in [0.3, 0.4) is 0 Å². The first-order valence-electron chi connectivity index (χ1n) is 1.81. The highest BCUT2D eigenvalue weighted by Gasteiger charge is 1.96. The number of hydrogen-bond donors (Lipinski definition) is 1. The van der Waals surface area contributed by atoms with Crippen molar-refractivity contribution < 1.29 is 19.4 Å². The van der Waals surface area contributed by atoms with Crippen LogP contribution in [-0.2, 0) is 19.4 Å². The third-order valence-corrected chi connectivity index (χ3v) is 0.347. The highest BCUT2D eigenvalue weighted by molar-refractivity contribution is 5.71. The van der Waals surface area contributed by atoms with Crippen molar-refractivity contribution in [3.63, 3.8) is 0 Å². The normalized spacial score (nSPS) is 7.62. The molecule has 0 aromatic heterocycles. The summed E-state index contributed by atoms with van der Waals surface area (Å²) in [5.41, 5.74) is 4.74. The molecule has 0 unspecified atom stereocenters. The Kier molecular flexibility index (Phi) is 3.51. The van der Waals surface area contributed by atoms with Crippen molar-refractivity contribution in [3.05, 3.63) is 0 Å². The summed E-state index contributed by atoms with van der Waals surface area (Å²) in [6, 6.07) is 0. The maximum Gasteiger partial charge on any atom is 0.368 e. The summed E-state index contributed by atoms with van der Waals surface area (Å²) in [6.45, 7) is -0.304. The lowest BCUT2D eigenvalue weighted by Crippen LogP contribution is -2.16. The monoisotopic (exact) mass is 119 g/mol. The minimum absolute atomic E-state index is 0.00639. The van der Waals surface area contributed by atoms with E-state index in [1.165, 1.54) is 0 Å². The van der Waals surface area contributed by atoms with Gasteiger partial charge in [0.2, 0.25) is 0 Å². The van der Waals surface area contributed by atoms with Gasteiger partial charge in [0, 0.05) is 0 Å². The van der Waals surface area contributed by atoms with Crippen LogP contribution in [0.4, 0.5) is 0 Å². The molecule has 0 aromatic rings. The second-order valence-corrected chi connectivity index (χ2v) is 0.852. The Morgan fingerprint density at radius 2 is 2.38 bits per heavy atom. The van der Waals surface area contributed by atoms with E-state index in [1.807, 2.05) is 0 Å². The van der Waals surface area contributed by atoms with Crippen molar-refractivity contribution in [2.24, 2.45) is 5.73 Å². The van der Waals surface area contributed by atoms with E-state index in [9.17, 15) is 9.59 Å². The Morgan fingerprint density at radius 1 is 1.75 bits per heavy atom. The average molecular weight is 119 g/mol. The van der Waals surface area contributed by atoms with Crippen molar-refractivity contribution in [3.8, 4) is 0 Å². The molecule has 2 N–H and O–H groups in total. The van der Waals surface area contributed by atoms with Gasteiger partial charge in [-0.25, -0.2) is 9.68 Å². The first-order chi connectivity index (χ1) is 3.81. The van der Waals surface area contributed by atoms with Gasteiger partial charge in [-0.15, -0.1) is 0 Å². The lowest BCUT2D eigenvalue weighted by atomic mass is 10.7. The van der Waals surface area contributed by atoms with Crippen LogP contribution in [0.25, 0.3) is 0 Å². The highest BCUT2D eigenvalue weighted by atomic mass is 17.2. The second-order valence-electron chi connectivity index (χ2n) is 0.852. The number of carbonyl (C=O) groups excluding carboxylic acids is 2. The molecule has 0 bridgehead atoms. The molecule has 0 heterocycles. The van der Waals surface area contributed by atoms with Crippen LogP contribution < -0.4 is 5.73 Å². The van der Waals surface area contributed by atoms with Gasteiger partial charge >= 0.3 is 12.4 Å². The Bertz CT molecular complexity index is 91.3. The predicted molar refractivity (Wildman–Crippen MR) is 22.3 cm³/mol. The van der Waals surface area contributed by atoms with Crippen molar-refractivity contribution in [2.45, 2.75) is 0 Å². The fraction of sp³-hybridized carbons (Fsp3) is 0.333. The number of nitrogens with two attached hydrogens (primary N) is 1. The van der Waals surface area contributed by atoms with E-state index in [0.29, 0.717) is 0 Å². The minimum atomic E-state index is -0.780. The van der Waals surface area contributed by atoms with Crippen LogP contribution in [-0.4, -0.2) is 19.0 Å². The molecule has 0 rings (SSSR count). The molecule has 0 saturated carbocycles. The molecule has 0 aliphatic heterocycles. The van der Waals surface area contributed by atoms with Crippen molar-refractivity contribution in [2.75, 3.05) is 6.54 Å². The van der Waals surface area contributed by atoms with E-state index >= 15 is 0 Å². The van der Waals surface area contributed by atoms with E-state index in [1.54, 1.807) is 0 Å². The van der Waals surface area contributed by atoms with Crippen molar-refractivity contribution >= 4 is 12.4 Å². The summed E-state index contributed by atoms with van der Waals surface area (Å²) < 4.78 is 0. The summed E-state index contributed by atoms with van der Waals surface area (Å²) in [5, 5.41) is 0. The molecule has 5 heteroatoms. The van der Waals surface area contributed by atoms with E-state index in [2.05, 4.69) is 9.78 Å². The smallest absolute Gasteiger partial charge is 0.321 e. The zero-order valence-corrected chi connectivity index (χ0v) is 3.99. The van der Waals surface area contributed by atoms with Crippen LogP contribution in [0.1, 0.15) is 0 Å². The summed E-state index contributed by atoms with van der Waals surface area (Å²) in [6.07, 6.45) is 0. The summed E-state index contributed by atoms with van der Waals surface area (Å²) >= 11 is 0. The number of hydrogen-bond acceptors (Lipinski definition) is 5. The molecule has 0 aromatic carbocycles. The topological polar surface area (TPSA) is 78.6 Å². The summed E-state index contributed by atoms with van der Waals surface area (Å²) in [5.74, 6) is -0.780. The largest absolute Gasteiger partial charge is 0.368 e. The fourth-order valence-electron chi connectivity index (χ4n) is 0.107. The van der Waals surface area contributed by atoms with Gasteiger partial charge in [0.15, 0.2) is 0 Å². The summed E-state index contributed by atoms with van der Waals surface area (Å²) in [7, 11) is 0. The Morgan fingerprint density at radius 3 is 2.75 bits per heavy atom. The molecule has 0 atom stereocenters. The zero-order chi connectivity index (χ0) is 6.41. The lowest BCUT2D eigenvalue weighted by molar-refractivity contribution is -0.246. The first-order valence-corrected chi connectivity index (χ1v) is 1.81. The molecule has 0 saturated heterocycles. The van der Waals surface area contributed by atoms with Gasteiger partial charge in [-0.1, -0.05) is 0 Å². The summed E-state index contributed by atoms with van der Waals surface area (Å²) in [4.78, 5) is 26.5. The maximum absolute atomic E-state index is 9.94. The van der Waals surface area contributed by atoms with E-state index in [4.69, 9.17) is 5.73 Å². The Hall–Kier alpha value is -1.10. The van der Waals surface area contributed by atoms with Gasteiger partial charge in [-0.3, -0.25) is 9.68 Å². The van der Waals surface area contributed by atoms with Crippen LogP contribution >= 0.6 is 0 Å². The van der Waals surface area contributed by atoms with Gasteiger partial charge in [0.1, 0.15) is 0 Å². The van der Waals surface area contributed by atoms with Gasteiger partial charge in [0.25, 0.3) is 0 Å². The third kappa shape index (κ3) is 3.10. The number of carbonyl (C=O) groups is 2. The predicted octanol–water partition coefficient (Wildman–Crippen LogP) is -1.42. The average Bonchev–Trinajstić information content (AvgIpc) is 1.83. The molecule has 0 aliphatic rings. The Labute approximate surface area is 45.3 Å². The molecule has 46 valence electrons. The lowest BCUT2D eigenvalue weighted by Gasteiger charge is -1.91. The molecule has 0 fully saturated rings. The van der Waals surface area contributed by atoms with E-state index in [-0.39, 0.29) is 13.0 Å². The van der Waals surface area contributed by atoms with E-state index in [0.717, 1.165) is 0 Å². The molecule has 0 spiro atoms.